The van der Waals surface area contributed by atoms with Gasteiger partial charge in [0.15, 0.2) is 5.82 Å². The number of benzene rings is 2. The monoisotopic (exact) mass is 686 g/mol. The summed E-state index contributed by atoms with van der Waals surface area (Å²) in [5, 5.41) is 23.8. The molecule has 2 aromatic carbocycles. The van der Waals surface area contributed by atoms with Gasteiger partial charge in [0, 0.05) is 36.2 Å². The van der Waals surface area contributed by atoms with Crippen LogP contribution in [0.4, 0.5) is 46.8 Å². The fourth-order valence-electron chi connectivity index (χ4n) is 5.11. The van der Waals surface area contributed by atoms with E-state index >= 15 is 0 Å². The van der Waals surface area contributed by atoms with Crippen LogP contribution in [0.2, 0.25) is 5.02 Å². The van der Waals surface area contributed by atoms with Crippen molar-refractivity contribution in [3.05, 3.63) is 82.3 Å². The Balaban J connectivity index is 0.000000582. The number of alkyl halides is 3. The number of carbonyl (C=O) groups is 3. The predicted molar refractivity (Wildman–Crippen MR) is 170 cm³/mol. The first-order chi connectivity index (χ1) is 22.9. The Hall–Kier alpha value is -5.38. The Labute approximate surface area is 276 Å². The molecule has 1 fully saturated rings. The maximum atomic E-state index is 13.0. The Morgan fingerprint density at radius 3 is 2.46 bits per heavy atom. The molecule has 2 aromatic heterocycles. The van der Waals surface area contributed by atoms with Gasteiger partial charge in [-0.1, -0.05) is 28.9 Å². The van der Waals surface area contributed by atoms with E-state index in [-0.39, 0.29) is 18.0 Å². The number of anilines is 5. The summed E-state index contributed by atoms with van der Waals surface area (Å²) in [6.45, 7) is 2.81. The molecule has 0 spiro atoms. The van der Waals surface area contributed by atoms with Crippen molar-refractivity contribution >= 4 is 58.3 Å². The van der Waals surface area contributed by atoms with Crippen LogP contribution in [-0.4, -0.2) is 68.3 Å². The van der Waals surface area contributed by atoms with Crippen molar-refractivity contribution < 1.29 is 37.2 Å². The van der Waals surface area contributed by atoms with E-state index in [9.17, 15) is 22.8 Å². The van der Waals surface area contributed by atoms with Crippen molar-refractivity contribution in [2.75, 3.05) is 29.0 Å². The number of hydrogen-bond donors (Lipinski definition) is 5. The zero-order valence-electron chi connectivity index (χ0n) is 25.4. The average molecular weight is 687 g/mol. The molecular weight excluding hydrogens is 657 g/mol. The molecule has 3 amide bonds. The fourth-order valence-corrected chi connectivity index (χ4v) is 5.25. The van der Waals surface area contributed by atoms with Crippen LogP contribution in [0.1, 0.15) is 40.1 Å². The standard InChI is InChI=1S/C29H29ClN8O3.C2HF3O2/c1-17-23(15-32-41-17)27(39)38-11-9-20(10-12-38)35-29(40)36-25-8-7-22-14-19(25)6-5-18-3-2-4-21(13-18)34-28-31-16-24(30)26(33-22)37-28;3-2(4,5)1(6)7/h2-4,7-8,13-16,20H,5-6,9-12H2,1H3,(H2,35,36,40)(H2,31,33,34,37);(H,6,7). The number of aliphatic carboxylic acids is 1. The molecule has 17 heteroatoms. The summed E-state index contributed by atoms with van der Waals surface area (Å²) >= 11 is 6.38. The van der Waals surface area contributed by atoms with Crippen LogP contribution in [0.3, 0.4) is 0 Å². The van der Waals surface area contributed by atoms with Crippen LogP contribution in [0.15, 0.2) is 59.4 Å². The maximum Gasteiger partial charge on any atom is 0.490 e. The number of halogens is 4. The smallest absolute Gasteiger partial charge is 0.475 e. The summed E-state index contributed by atoms with van der Waals surface area (Å²) in [6, 6.07) is 13.5. The zero-order chi connectivity index (χ0) is 34.4. The van der Waals surface area contributed by atoms with Crippen molar-refractivity contribution in [3.8, 4) is 0 Å². The van der Waals surface area contributed by atoms with Crippen LogP contribution in [0.25, 0.3) is 0 Å². The molecule has 4 heterocycles. The Morgan fingerprint density at radius 1 is 1.04 bits per heavy atom. The lowest BCUT2D eigenvalue weighted by molar-refractivity contribution is -0.192. The fraction of sp³-hybridized carbons (Fsp3) is 0.290. The number of urea groups is 1. The van der Waals surface area contributed by atoms with Gasteiger partial charge < -0.3 is 35.8 Å². The molecule has 48 heavy (non-hydrogen) atoms. The number of nitrogens with one attached hydrogen (secondary N) is 4. The summed E-state index contributed by atoms with van der Waals surface area (Å²) in [5.74, 6) is -1.43. The number of nitrogens with zero attached hydrogens (tertiary/aromatic N) is 4. The van der Waals surface area contributed by atoms with Crippen LogP contribution in [-0.2, 0) is 17.6 Å². The van der Waals surface area contributed by atoms with Crippen LogP contribution >= 0.6 is 11.6 Å². The van der Waals surface area contributed by atoms with Gasteiger partial charge in [0.2, 0.25) is 5.95 Å². The van der Waals surface area contributed by atoms with E-state index in [1.165, 1.54) is 6.20 Å². The first kappa shape index (κ1) is 34.0. The number of aryl methyl sites for hydroxylation is 3. The summed E-state index contributed by atoms with van der Waals surface area (Å²) in [5.41, 5.74) is 4.98. The minimum absolute atomic E-state index is 0.0436. The number of aromatic nitrogens is 3. The van der Waals surface area contributed by atoms with Gasteiger partial charge in [-0.2, -0.15) is 18.2 Å². The Morgan fingerprint density at radius 2 is 1.77 bits per heavy atom. The highest BCUT2D eigenvalue weighted by Crippen LogP contribution is 2.29. The molecule has 6 rings (SSSR count). The van der Waals surface area contributed by atoms with Gasteiger partial charge in [-0.25, -0.2) is 14.6 Å². The van der Waals surface area contributed by atoms with E-state index in [2.05, 4.69) is 48.5 Å². The van der Waals surface area contributed by atoms with Gasteiger partial charge >= 0.3 is 18.2 Å². The van der Waals surface area contributed by atoms with Crippen molar-refractivity contribution in [1.82, 2.24) is 25.3 Å². The van der Waals surface area contributed by atoms with E-state index < -0.39 is 12.1 Å². The number of fused-ring (bicyclic) bond motifs is 6. The third-order valence-electron chi connectivity index (χ3n) is 7.57. The number of rotatable bonds is 3. The lowest BCUT2D eigenvalue weighted by atomic mass is 10.0. The highest BCUT2D eigenvalue weighted by Gasteiger charge is 2.38. The van der Waals surface area contributed by atoms with E-state index in [0.29, 0.717) is 60.5 Å². The van der Waals surface area contributed by atoms with Crippen LogP contribution < -0.4 is 21.3 Å². The van der Waals surface area contributed by atoms with Crippen molar-refractivity contribution in [3.63, 3.8) is 0 Å². The van der Waals surface area contributed by atoms with E-state index in [4.69, 9.17) is 26.0 Å². The number of carbonyl (C=O) groups excluding carboxylic acids is 2. The van der Waals surface area contributed by atoms with Crippen LogP contribution in [0.5, 0.6) is 0 Å². The van der Waals surface area contributed by atoms with E-state index in [0.717, 1.165) is 34.6 Å². The Kier molecular flexibility index (Phi) is 10.3. The quantitative estimate of drug-likeness (QED) is 0.170. The van der Waals surface area contributed by atoms with Gasteiger partial charge in [-0.15, -0.1) is 0 Å². The molecule has 2 aliphatic heterocycles. The highest BCUT2D eigenvalue weighted by molar-refractivity contribution is 6.32. The average Bonchev–Trinajstić information content (AvgIpc) is 3.48. The van der Waals surface area contributed by atoms with Crippen LogP contribution in [0, 0.1) is 6.92 Å². The number of likely N-dealkylation sites (tertiary alicyclic amines) is 1. The van der Waals surface area contributed by atoms with Gasteiger partial charge in [-0.05, 0) is 74.1 Å². The van der Waals surface area contributed by atoms with Crippen molar-refractivity contribution in [2.24, 2.45) is 0 Å². The molecule has 0 aliphatic carbocycles. The number of hydrogen-bond acceptors (Lipinski definition) is 9. The van der Waals surface area contributed by atoms with Gasteiger partial charge in [0.1, 0.15) is 16.3 Å². The first-order valence-electron chi connectivity index (χ1n) is 14.7. The number of carboxylic acid groups (broad SMARTS) is 1. The molecule has 6 bridgehead atoms. The van der Waals surface area contributed by atoms with E-state index in [1.54, 1.807) is 18.0 Å². The third-order valence-corrected chi connectivity index (χ3v) is 7.84. The molecular formula is C31H30ClF3N8O5. The normalized spacial score (nSPS) is 14.4. The molecule has 1 saturated heterocycles. The second-order valence-electron chi connectivity index (χ2n) is 11.0. The zero-order valence-corrected chi connectivity index (χ0v) is 26.2. The van der Waals surface area contributed by atoms with Crippen molar-refractivity contribution in [2.45, 2.75) is 44.8 Å². The van der Waals surface area contributed by atoms with E-state index in [1.807, 2.05) is 30.3 Å². The number of carboxylic acids is 1. The second-order valence-corrected chi connectivity index (χ2v) is 11.4. The third kappa shape index (κ3) is 8.70. The SMILES string of the molecule is Cc1oncc1C(=O)N1CCC(NC(=O)Nc2ccc3cc2CCc2cccc(c2)Nc2ncc(Cl)c(n2)N3)CC1.O=C(O)C(F)(F)F. The predicted octanol–water partition coefficient (Wildman–Crippen LogP) is 6.07. The van der Waals surface area contributed by atoms with Gasteiger partial charge in [-0.3, -0.25) is 4.79 Å². The largest absolute Gasteiger partial charge is 0.490 e. The van der Waals surface area contributed by atoms with Crippen molar-refractivity contribution in [1.29, 1.82) is 0 Å². The lowest BCUT2D eigenvalue weighted by Gasteiger charge is -2.32. The second kappa shape index (κ2) is 14.6. The number of piperidine rings is 1. The molecule has 5 N–H and O–H groups in total. The minimum atomic E-state index is -5.08. The maximum absolute atomic E-state index is 13.0. The molecule has 0 saturated carbocycles. The molecule has 0 atom stereocenters. The van der Waals surface area contributed by atoms with Gasteiger partial charge in [0.05, 0.1) is 12.4 Å². The molecule has 13 nitrogen and oxygen atoms in total. The summed E-state index contributed by atoms with van der Waals surface area (Å²) in [7, 11) is 0. The number of amides is 3. The minimum Gasteiger partial charge on any atom is -0.475 e. The topological polar surface area (TPSA) is 175 Å². The highest BCUT2D eigenvalue weighted by atomic mass is 35.5. The molecule has 252 valence electrons. The summed E-state index contributed by atoms with van der Waals surface area (Å²) < 4.78 is 36.8. The van der Waals surface area contributed by atoms with Gasteiger partial charge in [0.25, 0.3) is 5.91 Å². The lowest BCUT2D eigenvalue weighted by Crippen LogP contribution is -2.47. The molecule has 0 unspecified atom stereocenters. The molecule has 0 radical (unpaired) electrons. The summed E-state index contributed by atoms with van der Waals surface area (Å²) in [4.78, 5) is 45.3. The summed E-state index contributed by atoms with van der Waals surface area (Å²) in [6.07, 6.45) is 0.714. The molecule has 4 aromatic rings. The molecule has 2 aliphatic rings. The first-order valence-corrected chi connectivity index (χ1v) is 15.1. The Bertz CT molecular complexity index is 1810.